The Labute approximate surface area is 194 Å². The first-order valence-electron chi connectivity index (χ1n) is 9.94. The number of carbonyl (C=O) groups is 3. The van der Waals surface area contributed by atoms with Crippen molar-refractivity contribution in [3.8, 4) is 11.5 Å². The quantitative estimate of drug-likeness (QED) is 0.412. The van der Waals surface area contributed by atoms with Crippen LogP contribution in [-0.2, 0) is 20.9 Å². The SMILES string of the molecule is COc1ccc(NC(=O)CSC2NC(=O)CC(CC(=O)NCc3cccs3)N2)c(OC)c1. The van der Waals surface area contributed by atoms with Crippen molar-refractivity contribution in [3.63, 3.8) is 0 Å². The normalized spacial score (nSPS) is 17.9. The molecule has 0 spiro atoms. The van der Waals surface area contributed by atoms with Gasteiger partial charge in [0.25, 0.3) is 0 Å². The smallest absolute Gasteiger partial charge is 0.234 e. The Hall–Kier alpha value is -2.76. The molecule has 9 nitrogen and oxygen atoms in total. The number of hydrogen-bond donors (Lipinski definition) is 4. The van der Waals surface area contributed by atoms with Gasteiger partial charge >= 0.3 is 0 Å². The van der Waals surface area contributed by atoms with E-state index in [2.05, 4.69) is 21.3 Å². The predicted octanol–water partition coefficient (Wildman–Crippen LogP) is 1.91. The van der Waals surface area contributed by atoms with E-state index in [4.69, 9.17) is 9.47 Å². The largest absolute Gasteiger partial charge is 0.497 e. The second-order valence-electron chi connectivity index (χ2n) is 7.00. The Balaban J connectivity index is 1.45. The Morgan fingerprint density at radius 1 is 1.22 bits per heavy atom. The maximum absolute atomic E-state index is 12.4. The Morgan fingerprint density at radius 3 is 2.78 bits per heavy atom. The monoisotopic (exact) mass is 478 g/mol. The number of methoxy groups -OCH3 is 2. The number of hydrogen-bond acceptors (Lipinski definition) is 8. The second kappa shape index (κ2) is 11.7. The van der Waals surface area contributed by atoms with E-state index >= 15 is 0 Å². The molecule has 3 rings (SSSR count). The fraction of sp³-hybridized carbons (Fsp3) is 0.381. The summed E-state index contributed by atoms with van der Waals surface area (Å²) in [4.78, 5) is 37.8. The highest BCUT2D eigenvalue weighted by molar-refractivity contribution is 8.00. The first kappa shape index (κ1) is 23.9. The molecule has 1 saturated heterocycles. The van der Waals surface area contributed by atoms with Crippen molar-refractivity contribution in [2.75, 3.05) is 25.3 Å². The first-order chi connectivity index (χ1) is 15.5. The van der Waals surface area contributed by atoms with Crippen LogP contribution in [0.25, 0.3) is 0 Å². The summed E-state index contributed by atoms with van der Waals surface area (Å²) in [7, 11) is 3.06. The lowest BCUT2D eigenvalue weighted by atomic mass is 10.1. The van der Waals surface area contributed by atoms with Crippen LogP contribution in [0.3, 0.4) is 0 Å². The van der Waals surface area contributed by atoms with Gasteiger partial charge in [-0.2, -0.15) is 0 Å². The maximum Gasteiger partial charge on any atom is 0.234 e. The highest BCUT2D eigenvalue weighted by Gasteiger charge is 2.28. The Bertz CT molecular complexity index is 938. The molecule has 2 atom stereocenters. The number of ether oxygens (including phenoxy) is 2. The highest BCUT2D eigenvalue weighted by atomic mass is 32.2. The van der Waals surface area contributed by atoms with E-state index in [0.717, 1.165) is 4.88 Å². The number of benzene rings is 1. The molecule has 1 fully saturated rings. The van der Waals surface area contributed by atoms with Gasteiger partial charge in [-0.1, -0.05) is 6.07 Å². The van der Waals surface area contributed by atoms with Crippen LogP contribution in [0.15, 0.2) is 35.7 Å². The summed E-state index contributed by atoms with van der Waals surface area (Å²) >= 11 is 2.82. The summed E-state index contributed by atoms with van der Waals surface area (Å²) in [5, 5.41) is 13.6. The zero-order chi connectivity index (χ0) is 22.9. The molecule has 2 aromatic rings. The predicted molar refractivity (Wildman–Crippen MR) is 125 cm³/mol. The molecule has 1 aromatic heterocycles. The molecular formula is C21H26N4O5S2. The van der Waals surface area contributed by atoms with Gasteiger partial charge in [0.2, 0.25) is 17.7 Å². The van der Waals surface area contributed by atoms with Crippen molar-refractivity contribution >= 4 is 46.5 Å². The van der Waals surface area contributed by atoms with Crippen molar-refractivity contribution in [3.05, 3.63) is 40.6 Å². The lowest BCUT2D eigenvalue weighted by Crippen LogP contribution is -2.56. The van der Waals surface area contributed by atoms with Gasteiger partial charge in [0, 0.05) is 29.8 Å². The van der Waals surface area contributed by atoms with Gasteiger partial charge in [-0.25, -0.2) is 0 Å². The fourth-order valence-corrected chi connectivity index (χ4v) is 4.64. The third kappa shape index (κ3) is 7.14. The summed E-state index contributed by atoms with van der Waals surface area (Å²) in [6, 6.07) is 8.70. The van der Waals surface area contributed by atoms with Gasteiger partial charge in [-0.05, 0) is 23.6 Å². The van der Waals surface area contributed by atoms with Crippen LogP contribution < -0.4 is 30.7 Å². The van der Waals surface area contributed by atoms with Gasteiger partial charge in [0.15, 0.2) is 0 Å². The number of thiophene rings is 1. The Kier molecular flexibility index (Phi) is 8.77. The third-order valence-electron chi connectivity index (χ3n) is 4.65. The molecule has 1 aliphatic rings. The van der Waals surface area contributed by atoms with Crippen LogP contribution in [0.2, 0.25) is 0 Å². The summed E-state index contributed by atoms with van der Waals surface area (Å²) in [5.41, 5.74) is 0.0645. The maximum atomic E-state index is 12.4. The number of amides is 3. The minimum Gasteiger partial charge on any atom is -0.497 e. The fourth-order valence-electron chi connectivity index (χ4n) is 3.11. The van der Waals surface area contributed by atoms with Crippen LogP contribution >= 0.6 is 23.1 Å². The molecule has 0 radical (unpaired) electrons. The van der Waals surface area contributed by atoms with E-state index in [0.29, 0.717) is 23.7 Å². The molecule has 1 aromatic carbocycles. The van der Waals surface area contributed by atoms with E-state index in [-0.39, 0.29) is 42.4 Å². The summed E-state index contributed by atoms with van der Waals surface area (Å²) in [6.45, 7) is 0.475. The van der Waals surface area contributed by atoms with E-state index < -0.39 is 5.50 Å². The summed E-state index contributed by atoms with van der Waals surface area (Å²) in [6.07, 6.45) is 0.393. The molecule has 172 valence electrons. The minimum atomic E-state index is -0.463. The van der Waals surface area contributed by atoms with Crippen molar-refractivity contribution in [1.29, 1.82) is 0 Å². The summed E-state index contributed by atoms with van der Waals surface area (Å²) < 4.78 is 10.4. The van der Waals surface area contributed by atoms with E-state index in [1.807, 2.05) is 17.5 Å². The average Bonchev–Trinajstić information content (AvgIpc) is 3.30. The van der Waals surface area contributed by atoms with Crippen molar-refractivity contribution < 1.29 is 23.9 Å². The molecule has 1 aliphatic heterocycles. The van der Waals surface area contributed by atoms with Gasteiger partial charge in [0.05, 0.1) is 32.2 Å². The molecular weight excluding hydrogens is 452 g/mol. The molecule has 3 amide bonds. The lowest BCUT2D eigenvalue weighted by Gasteiger charge is -2.30. The number of nitrogens with one attached hydrogen (secondary N) is 4. The molecule has 2 unspecified atom stereocenters. The van der Waals surface area contributed by atoms with Crippen molar-refractivity contribution in [1.82, 2.24) is 16.0 Å². The van der Waals surface area contributed by atoms with Crippen LogP contribution in [0.4, 0.5) is 5.69 Å². The Morgan fingerprint density at radius 2 is 2.06 bits per heavy atom. The topological polar surface area (TPSA) is 118 Å². The van der Waals surface area contributed by atoms with Gasteiger partial charge in [0.1, 0.15) is 17.0 Å². The second-order valence-corrected chi connectivity index (χ2v) is 9.13. The van der Waals surface area contributed by atoms with Gasteiger partial charge < -0.3 is 25.4 Å². The van der Waals surface area contributed by atoms with Crippen LogP contribution in [-0.4, -0.2) is 49.2 Å². The average molecular weight is 479 g/mol. The van der Waals surface area contributed by atoms with Crippen LogP contribution in [0, 0.1) is 0 Å². The number of anilines is 1. The van der Waals surface area contributed by atoms with E-state index in [1.54, 1.807) is 36.6 Å². The van der Waals surface area contributed by atoms with Crippen molar-refractivity contribution in [2.24, 2.45) is 0 Å². The number of rotatable bonds is 10. The zero-order valence-corrected chi connectivity index (χ0v) is 19.4. The van der Waals surface area contributed by atoms with Crippen LogP contribution in [0.5, 0.6) is 11.5 Å². The van der Waals surface area contributed by atoms with E-state index in [1.165, 1.54) is 18.9 Å². The third-order valence-corrected chi connectivity index (χ3v) is 6.54. The first-order valence-corrected chi connectivity index (χ1v) is 11.9. The molecule has 32 heavy (non-hydrogen) atoms. The number of carbonyl (C=O) groups excluding carboxylic acids is 3. The molecule has 0 aliphatic carbocycles. The zero-order valence-electron chi connectivity index (χ0n) is 17.8. The van der Waals surface area contributed by atoms with Gasteiger partial charge in [-0.15, -0.1) is 23.1 Å². The van der Waals surface area contributed by atoms with E-state index in [9.17, 15) is 14.4 Å². The minimum absolute atomic E-state index is 0.102. The molecule has 2 heterocycles. The standard InChI is InChI=1S/C21H26N4O5S2/c1-29-14-5-6-16(17(10-14)30-2)24-20(28)12-32-21-23-13(9-19(27)25-21)8-18(26)22-11-15-4-3-7-31-15/h3-7,10,13,21,23H,8-9,11-12H2,1-2H3,(H,22,26)(H,24,28)(H,25,27). The molecule has 11 heteroatoms. The molecule has 0 saturated carbocycles. The summed E-state index contributed by atoms with van der Waals surface area (Å²) in [5.74, 6) is 0.678. The van der Waals surface area contributed by atoms with Crippen LogP contribution in [0.1, 0.15) is 17.7 Å². The molecule has 0 bridgehead atoms. The highest BCUT2D eigenvalue weighted by Crippen LogP contribution is 2.29. The lowest BCUT2D eigenvalue weighted by molar-refractivity contribution is -0.125. The van der Waals surface area contributed by atoms with Gasteiger partial charge in [-0.3, -0.25) is 19.7 Å². The number of thioether (sulfide) groups is 1. The molecule has 4 N–H and O–H groups in total. The van der Waals surface area contributed by atoms with Crippen molar-refractivity contribution in [2.45, 2.75) is 30.9 Å².